The SMILES string of the molecule is COc1cccc2c1-c1cccc3c1[C@@H](C2)N(C)CC3.Cl. The van der Waals surface area contributed by atoms with E-state index in [4.69, 9.17) is 4.74 Å². The molecule has 110 valence electrons. The highest BCUT2D eigenvalue weighted by atomic mass is 35.5. The summed E-state index contributed by atoms with van der Waals surface area (Å²) < 4.78 is 5.61. The van der Waals surface area contributed by atoms with Gasteiger partial charge in [-0.05, 0) is 48.2 Å². The normalized spacial score (nSPS) is 19.2. The maximum atomic E-state index is 5.61. The third kappa shape index (κ3) is 2.05. The lowest BCUT2D eigenvalue weighted by molar-refractivity contribution is 0.228. The molecule has 1 atom stereocenters. The molecule has 0 saturated carbocycles. The second-order valence-corrected chi connectivity index (χ2v) is 5.82. The standard InChI is InChI=1S/C18H19NO.ClH/c1-19-10-9-12-5-3-7-14-17(12)15(19)11-13-6-4-8-16(20-2)18(13)14;/h3-8,15H,9-11H2,1-2H3;1H/t15-;/m1./s1. The smallest absolute Gasteiger partial charge is 0.126 e. The van der Waals surface area contributed by atoms with E-state index < -0.39 is 0 Å². The molecule has 21 heavy (non-hydrogen) atoms. The third-order valence-corrected chi connectivity index (χ3v) is 4.81. The van der Waals surface area contributed by atoms with E-state index in [1.807, 2.05) is 0 Å². The Kier molecular flexibility index (Phi) is 3.68. The van der Waals surface area contributed by atoms with Gasteiger partial charge in [0.25, 0.3) is 0 Å². The van der Waals surface area contributed by atoms with Gasteiger partial charge in [0.1, 0.15) is 5.75 Å². The van der Waals surface area contributed by atoms with Crippen LogP contribution in [0, 0.1) is 0 Å². The van der Waals surface area contributed by atoms with Crippen LogP contribution in [0.15, 0.2) is 36.4 Å². The second kappa shape index (κ2) is 5.36. The molecule has 2 aliphatic rings. The Labute approximate surface area is 132 Å². The summed E-state index contributed by atoms with van der Waals surface area (Å²) in [6.07, 6.45) is 2.24. The van der Waals surface area contributed by atoms with Crippen LogP contribution in [0.1, 0.15) is 22.7 Å². The lowest BCUT2D eigenvalue weighted by atomic mass is 9.77. The van der Waals surface area contributed by atoms with E-state index in [0.29, 0.717) is 6.04 Å². The van der Waals surface area contributed by atoms with Gasteiger partial charge < -0.3 is 4.74 Å². The van der Waals surface area contributed by atoms with E-state index in [2.05, 4.69) is 48.3 Å². The van der Waals surface area contributed by atoms with Crippen molar-refractivity contribution in [2.75, 3.05) is 20.7 Å². The number of nitrogens with zero attached hydrogens (tertiary/aromatic N) is 1. The van der Waals surface area contributed by atoms with Crippen molar-refractivity contribution in [3.63, 3.8) is 0 Å². The van der Waals surface area contributed by atoms with Crippen LogP contribution in [0.3, 0.4) is 0 Å². The third-order valence-electron chi connectivity index (χ3n) is 4.81. The maximum Gasteiger partial charge on any atom is 0.126 e. The molecular formula is C18H20ClNO. The number of hydrogen-bond acceptors (Lipinski definition) is 2. The van der Waals surface area contributed by atoms with Crippen molar-refractivity contribution < 1.29 is 4.74 Å². The molecule has 2 aromatic rings. The van der Waals surface area contributed by atoms with Crippen LogP contribution >= 0.6 is 12.4 Å². The molecule has 1 heterocycles. The fraction of sp³-hybridized carbons (Fsp3) is 0.333. The van der Waals surface area contributed by atoms with Crippen LogP contribution < -0.4 is 4.74 Å². The largest absolute Gasteiger partial charge is 0.496 e. The lowest BCUT2D eigenvalue weighted by Gasteiger charge is -2.40. The summed E-state index contributed by atoms with van der Waals surface area (Å²) in [4.78, 5) is 2.49. The van der Waals surface area contributed by atoms with Crippen molar-refractivity contribution in [3.8, 4) is 16.9 Å². The van der Waals surface area contributed by atoms with E-state index in [-0.39, 0.29) is 12.4 Å². The van der Waals surface area contributed by atoms with Crippen LogP contribution in [0.25, 0.3) is 11.1 Å². The Bertz CT molecular complexity index is 683. The van der Waals surface area contributed by atoms with Gasteiger partial charge in [-0.1, -0.05) is 30.3 Å². The van der Waals surface area contributed by atoms with Crippen molar-refractivity contribution in [2.45, 2.75) is 18.9 Å². The molecule has 0 aromatic heterocycles. The summed E-state index contributed by atoms with van der Waals surface area (Å²) in [5.41, 5.74) is 7.13. The zero-order chi connectivity index (χ0) is 13.7. The van der Waals surface area contributed by atoms with Gasteiger partial charge in [0.05, 0.1) is 7.11 Å². The summed E-state index contributed by atoms with van der Waals surface area (Å²) in [6, 6.07) is 13.7. The topological polar surface area (TPSA) is 12.5 Å². The Morgan fingerprint density at radius 3 is 2.67 bits per heavy atom. The molecule has 0 saturated heterocycles. The second-order valence-electron chi connectivity index (χ2n) is 5.82. The van der Waals surface area contributed by atoms with Gasteiger partial charge in [-0.3, -0.25) is 4.90 Å². The summed E-state index contributed by atoms with van der Waals surface area (Å²) >= 11 is 0. The van der Waals surface area contributed by atoms with Crippen molar-refractivity contribution in [2.24, 2.45) is 0 Å². The first-order chi connectivity index (χ1) is 9.79. The summed E-state index contributed by atoms with van der Waals surface area (Å²) in [5, 5.41) is 0. The minimum atomic E-state index is 0. The zero-order valence-electron chi connectivity index (χ0n) is 12.4. The fourth-order valence-corrected chi connectivity index (χ4v) is 3.80. The molecule has 2 nitrogen and oxygen atoms in total. The highest BCUT2D eigenvalue weighted by Gasteiger charge is 2.33. The molecule has 1 aliphatic carbocycles. The van der Waals surface area contributed by atoms with Gasteiger partial charge in [-0.15, -0.1) is 12.4 Å². The van der Waals surface area contributed by atoms with Crippen LogP contribution in [0.4, 0.5) is 0 Å². The van der Waals surface area contributed by atoms with Crippen molar-refractivity contribution in [1.82, 2.24) is 4.90 Å². The molecule has 0 unspecified atom stereocenters. The van der Waals surface area contributed by atoms with Gasteiger partial charge in [-0.25, -0.2) is 0 Å². The average Bonchev–Trinajstić information content (AvgIpc) is 2.50. The fourth-order valence-electron chi connectivity index (χ4n) is 3.80. The van der Waals surface area contributed by atoms with Gasteiger partial charge >= 0.3 is 0 Å². The Morgan fingerprint density at radius 1 is 1.10 bits per heavy atom. The molecule has 0 N–H and O–H groups in total. The molecule has 2 aromatic carbocycles. The van der Waals surface area contributed by atoms with Crippen LogP contribution in [0.5, 0.6) is 5.75 Å². The number of methoxy groups -OCH3 is 1. The summed E-state index contributed by atoms with van der Waals surface area (Å²) in [6.45, 7) is 1.15. The summed E-state index contributed by atoms with van der Waals surface area (Å²) in [7, 11) is 4.01. The molecule has 0 bridgehead atoms. The maximum absolute atomic E-state index is 5.61. The molecule has 0 amide bonds. The lowest BCUT2D eigenvalue weighted by Crippen LogP contribution is -2.35. The number of fused-ring (bicyclic) bond motifs is 2. The first-order valence-corrected chi connectivity index (χ1v) is 7.28. The Balaban J connectivity index is 0.00000132. The molecule has 0 spiro atoms. The Hall–Kier alpha value is -1.51. The van der Waals surface area contributed by atoms with E-state index >= 15 is 0 Å². The van der Waals surface area contributed by atoms with E-state index in [1.54, 1.807) is 7.11 Å². The highest BCUT2D eigenvalue weighted by molar-refractivity contribution is 5.85. The molecule has 0 fully saturated rings. The number of rotatable bonds is 1. The van der Waals surface area contributed by atoms with Gasteiger partial charge in [0.2, 0.25) is 0 Å². The van der Waals surface area contributed by atoms with Crippen molar-refractivity contribution in [3.05, 3.63) is 53.1 Å². The van der Waals surface area contributed by atoms with Gasteiger partial charge in [0.15, 0.2) is 0 Å². The monoisotopic (exact) mass is 301 g/mol. The minimum absolute atomic E-state index is 0. The molecular weight excluding hydrogens is 282 g/mol. The predicted octanol–water partition coefficient (Wildman–Crippen LogP) is 3.87. The van der Waals surface area contributed by atoms with Gasteiger partial charge in [0, 0.05) is 18.2 Å². The quantitative estimate of drug-likeness (QED) is 0.793. The number of benzene rings is 2. The van der Waals surface area contributed by atoms with Crippen LogP contribution in [-0.4, -0.2) is 25.6 Å². The van der Waals surface area contributed by atoms with Crippen LogP contribution in [-0.2, 0) is 12.8 Å². The average molecular weight is 302 g/mol. The van der Waals surface area contributed by atoms with E-state index in [9.17, 15) is 0 Å². The minimum Gasteiger partial charge on any atom is -0.496 e. The molecule has 0 radical (unpaired) electrons. The predicted molar refractivity (Wildman–Crippen MR) is 88.5 cm³/mol. The summed E-state index contributed by atoms with van der Waals surface area (Å²) in [5.74, 6) is 1.00. The first-order valence-electron chi connectivity index (χ1n) is 7.28. The van der Waals surface area contributed by atoms with E-state index in [1.165, 1.54) is 27.8 Å². The number of likely N-dealkylation sites (N-methyl/N-ethyl adjacent to an activating group) is 1. The van der Waals surface area contributed by atoms with Crippen molar-refractivity contribution >= 4 is 12.4 Å². The molecule has 1 aliphatic heterocycles. The first kappa shape index (κ1) is 14.4. The van der Waals surface area contributed by atoms with Gasteiger partial charge in [-0.2, -0.15) is 0 Å². The number of hydrogen-bond donors (Lipinski definition) is 0. The van der Waals surface area contributed by atoms with E-state index in [0.717, 1.165) is 25.1 Å². The molecule has 3 heteroatoms. The zero-order valence-corrected chi connectivity index (χ0v) is 13.2. The van der Waals surface area contributed by atoms with Crippen LogP contribution in [0.2, 0.25) is 0 Å². The van der Waals surface area contributed by atoms with Crippen molar-refractivity contribution in [1.29, 1.82) is 0 Å². The Morgan fingerprint density at radius 2 is 1.86 bits per heavy atom. The highest BCUT2D eigenvalue weighted by Crippen LogP contribution is 2.47. The number of ether oxygens (including phenoxy) is 1. The number of halogens is 1. The molecule has 4 rings (SSSR count).